The Kier molecular flexibility index (Phi) is 22.1. The van der Waals surface area contributed by atoms with Crippen LogP contribution in [0.1, 0.15) is 12.8 Å². The largest absolute Gasteiger partial charge is 2.00 e. The van der Waals surface area contributed by atoms with Gasteiger partial charge in [0.25, 0.3) is 0 Å². The minimum Gasteiger partial charge on any atom is -0.358 e. The topological polar surface area (TPSA) is 12.0 Å². The average molecular weight is 204 g/mol. The average Bonchev–Trinajstić information content (AvgIpc) is 1.72. The van der Waals surface area contributed by atoms with Gasteiger partial charge in [0.1, 0.15) is 0 Å². The van der Waals surface area contributed by atoms with Crippen LogP contribution >= 0.6 is 17.0 Å². The molecule has 0 aromatic carbocycles. The number of halogens is 1. The molecule has 1 heterocycles. The third kappa shape index (κ3) is 9.21. The van der Waals surface area contributed by atoms with Gasteiger partial charge in [-0.15, -0.1) is 17.0 Å². The minimum absolute atomic E-state index is 0. The van der Waals surface area contributed by atoms with Gasteiger partial charge in [-0.05, 0) is 13.1 Å². The third-order valence-corrected chi connectivity index (χ3v) is 1.05. The van der Waals surface area contributed by atoms with Gasteiger partial charge in [0.05, 0.1) is 0 Å². The van der Waals surface area contributed by atoms with Crippen molar-refractivity contribution in [3.63, 3.8) is 0 Å². The second-order valence-corrected chi connectivity index (χ2v) is 1.62. The van der Waals surface area contributed by atoms with Crippen LogP contribution in [0.2, 0.25) is 0 Å². The summed E-state index contributed by atoms with van der Waals surface area (Å²) in [4.78, 5) is 0. The summed E-state index contributed by atoms with van der Waals surface area (Å²) >= 11 is 0. The van der Waals surface area contributed by atoms with Gasteiger partial charge in [0, 0.05) is 0 Å². The van der Waals surface area contributed by atoms with Crippen LogP contribution in [0.3, 0.4) is 0 Å². The van der Waals surface area contributed by atoms with Gasteiger partial charge in [-0.25, -0.2) is 0 Å². The zero-order chi connectivity index (χ0) is 4.24. The number of piperidine rings is 1. The van der Waals surface area contributed by atoms with Gasteiger partial charge >= 0.3 is 23.1 Å². The van der Waals surface area contributed by atoms with Crippen LogP contribution in [0.25, 0.3) is 0 Å². The van der Waals surface area contributed by atoms with Crippen molar-refractivity contribution in [2.75, 3.05) is 13.1 Å². The van der Waals surface area contributed by atoms with E-state index in [9.17, 15) is 0 Å². The van der Waals surface area contributed by atoms with Crippen LogP contribution in [-0.2, 0) is 0 Å². The molecule has 0 saturated carbocycles. The van der Waals surface area contributed by atoms with Crippen molar-refractivity contribution in [3.8, 4) is 0 Å². The summed E-state index contributed by atoms with van der Waals surface area (Å²) in [6.07, 6.45) is 4.86. The Hall–Kier alpha value is 1.21. The van der Waals surface area contributed by atoms with Crippen LogP contribution in [0, 0.1) is 13.8 Å². The molecule has 0 aromatic heterocycles. The van der Waals surface area contributed by atoms with Gasteiger partial charge in [-0.3, -0.25) is 0 Å². The molecule has 0 aliphatic carbocycles. The molecule has 1 N–H and O–H groups in total. The fourth-order valence-electron chi connectivity index (χ4n) is 0.678. The smallest absolute Gasteiger partial charge is 0.358 e. The van der Waals surface area contributed by atoms with E-state index in [4.69, 9.17) is 0 Å². The van der Waals surface area contributed by atoms with E-state index in [0.29, 0.717) is 0 Å². The molecular formula is C6H14BrMgN. The van der Waals surface area contributed by atoms with E-state index in [1.165, 1.54) is 25.9 Å². The summed E-state index contributed by atoms with van der Waals surface area (Å²) in [6, 6.07) is 0. The van der Waals surface area contributed by atoms with E-state index in [1.807, 2.05) is 0 Å². The van der Waals surface area contributed by atoms with Crippen molar-refractivity contribution in [2.45, 2.75) is 12.8 Å². The Bertz CT molecular complexity index is 28.5. The van der Waals surface area contributed by atoms with Crippen molar-refractivity contribution >= 4 is 40.0 Å². The molecule has 0 radical (unpaired) electrons. The first kappa shape index (κ1) is 16.7. The molecule has 1 saturated heterocycles. The predicted molar refractivity (Wildman–Crippen MR) is 48.9 cm³/mol. The SMILES string of the molecule is Br.[CH-]1CCNCC1.[CH3-].[Mg+2]. The maximum Gasteiger partial charge on any atom is 2.00 e. The monoisotopic (exact) mass is 203 g/mol. The zero-order valence-electron chi connectivity index (χ0n) is 6.02. The van der Waals surface area contributed by atoms with Crippen molar-refractivity contribution in [2.24, 2.45) is 0 Å². The molecule has 1 rings (SSSR count). The predicted octanol–water partition coefficient (Wildman–Crippen LogP) is 1.22. The summed E-state index contributed by atoms with van der Waals surface area (Å²) in [6.45, 7) is 2.39. The molecule has 0 bridgehead atoms. The molecule has 1 aliphatic rings. The van der Waals surface area contributed by atoms with E-state index in [1.54, 1.807) is 0 Å². The van der Waals surface area contributed by atoms with Gasteiger partial charge < -0.3 is 19.2 Å². The maximum atomic E-state index is 3.25. The zero-order valence-corrected chi connectivity index (χ0v) is 9.15. The molecule has 1 fully saturated rings. The molecule has 1 aliphatic heterocycles. The Balaban J connectivity index is -0.000000120. The van der Waals surface area contributed by atoms with E-state index in [0.717, 1.165) is 0 Å². The summed E-state index contributed by atoms with van der Waals surface area (Å²) in [5.74, 6) is 0. The van der Waals surface area contributed by atoms with Crippen LogP contribution < -0.4 is 5.32 Å². The summed E-state index contributed by atoms with van der Waals surface area (Å²) in [5.41, 5.74) is 0. The molecule has 0 atom stereocenters. The standard InChI is InChI=1S/C5H10N.CH3.BrH.Mg/c1-2-4-6-5-3-1;;;/h1,6H,2-5H2;1H3;1H;/q2*-1;;+2. The van der Waals surface area contributed by atoms with Crippen molar-refractivity contribution in [3.05, 3.63) is 13.8 Å². The maximum absolute atomic E-state index is 3.25. The number of hydrogen-bond donors (Lipinski definition) is 1. The van der Waals surface area contributed by atoms with Gasteiger partial charge in [0.15, 0.2) is 0 Å². The molecule has 0 amide bonds. The van der Waals surface area contributed by atoms with Crippen LogP contribution in [0.5, 0.6) is 0 Å². The van der Waals surface area contributed by atoms with Crippen molar-refractivity contribution in [1.29, 1.82) is 0 Å². The fourth-order valence-corrected chi connectivity index (χ4v) is 0.678. The van der Waals surface area contributed by atoms with Crippen LogP contribution in [-0.4, -0.2) is 36.1 Å². The fraction of sp³-hybridized carbons (Fsp3) is 0.667. The van der Waals surface area contributed by atoms with E-state index < -0.39 is 0 Å². The quantitative estimate of drug-likeness (QED) is 0.462. The molecule has 0 spiro atoms. The molecule has 0 unspecified atom stereocenters. The number of nitrogens with one attached hydrogen (secondary N) is 1. The minimum atomic E-state index is 0. The van der Waals surface area contributed by atoms with E-state index in [2.05, 4.69) is 11.7 Å². The summed E-state index contributed by atoms with van der Waals surface area (Å²) in [7, 11) is 0. The molecule has 0 aromatic rings. The van der Waals surface area contributed by atoms with Gasteiger partial charge in [-0.1, -0.05) is 0 Å². The molecule has 52 valence electrons. The van der Waals surface area contributed by atoms with Crippen LogP contribution in [0.15, 0.2) is 0 Å². The Labute approximate surface area is 84.9 Å². The first-order chi connectivity index (χ1) is 3.00. The van der Waals surface area contributed by atoms with Gasteiger partial charge in [-0.2, -0.15) is 12.8 Å². The summed E-state index contributed by atoms with van der Waals surface area (Å²) < 4.78 is 0. The normalized spacial score (nSPS) is 16.0. The second-order valence-electron chi connectivity index (χ2n) is 1.62. The first-order valence-electron chi connectivity index (χ1n) is 2.52. The molecule has 3 heteroatoms. The van der Waals surface area contributed by atoms with Crippen LogP contribution in [0.4, 0.5) is 0 Å². The molecule has 9 heavy (non-hydrogen) atoms. The first-order valence-corrected chi connectivity index (χ1v) is 2.52. The van der Waals surface area contributed by atoms with Gasteiger partial charge in [0.2, 0.25) is 0 Å². The molecular weight excluding hydrogens is 190 g/mol. The van der Waals surface area contributed by atoms with Crippen molar-refractivity contribution < 1.29 is 0 Å². The Morgan fingerprint density at radius 3 is 1.67 bits per heavy atom. The number of rotatable bonds is 0. The van der Waals surface area contributed by atoms with Crippen molar-refractivity contribution in [1.82, 2.24) is 5.32 Å². The van der Waals surface area contributed by atoms with E-state index >= 15 is 0 Å². The molecule has 1 nitrogen and oxygen atoms in total. The second kappa shape index (κ2) is 11.9. The number of hydrogen-bond acceptors (Lipinski definition) is 1. The third-order valence-electron chi connectivity index (χ3n) is 1.05. The Morgan fingerprint density at radius 2 is 1.56 bits per heavy atom. The van der Waals surface area contributed by atoms with E-state index in [-0.39, 0.29) is 47.5 Å². The summed E-state index contributed by atoms with van der Waals surface area (Å²) in [5, 5.41) is 3.25. The Morgan fingerprint density at radius 1 is 1.11 bits per heavy atom.